The van der Waals surface area contributed by atoms with Crippen LogP contribution in [0.5, 0.6) is 0 Å². The minimum atomic E-state index is -3.06. The van der Waals surface area contributed by atoms with E-state index in [1.54, 1.807) is 0 Å². The Bertz CT molecular complexity index is 363. The van der Waals surface area contributed by atoms with E-state index >= 15 is 0 Å². The van der Waals surface area contributed by atoms with Crippen molar-refractivity contribution >= 4 is 5.91 Å². The number of rotatable bonds is 5. The average molecular weight is 243 g/mol. The van der Waals surface area contributed by atoms with E-state index in [1.165, 1.54) is 0 Å². The second kappa shape index (κ2) is 5.72. The van der Waals surface area contributed by atoms with Gasteiger partial charge in [0.05, 0.1) is 6.61 Å². The standard InChI is InChI=1S/C12H15F2NO2/c1-9(12(2,13)14)11(16)15-17-8-10-6-4-3-5-7-10/h3-7,9H,8H2,1-2H3,(H,15,16). The number of amides is 1. The number of alkyl halides is 2. The molecule has 1 atom stereocenters. The third-order valence-corrected chi connectivity index (χ3v) is 2.41. The first kappa shape index (κ1) is 13.6. The highest BCUT2D eigenvalue weighted by Gasteiger charge is 2.35. The first-order valence-electron chi connectivity index (χ1n) is 5.24. The van der Waals surface area contributed by atoms with E-state index in [2.05, 4.69) is 0 Å². The van der Waals surface area contributed by atoms with Gasteiger partial charge in [-0.3, -0.25) is 9.63 Å². The molecule has 0 saturated heterocycles. The Kier molecular flexibility index (Phi) is 4.57. The van der Waals surface area contributed by atoms with Crippen molar-refractivity contribution in [2.45, 2.75) is 26.4 Å². The predicted molar refractivity (Wildman–Crippen MR) is 59.2 cm³/mol. The first-order chi connectivity index (χ1) is 7.91. The minimum absolute atomic E-state index is 0.147. The van der Waals surface area contributed by atoms with Crippen molar-refractivity contribution < 1.29 is 18.4 Å². The van der Waals surface area contributed by atoms with Crippen molar-refractivity contribution in [1.82, 2.24) is 5.48 Å². The summed E-state index contributed by atoms with van der Waals surface area (Å²) in [7, 11) is 0. The quantitative estimate of drug-likeness (QED) is 0.807. The molecule has 5 heteroatoms. The number of hydrogen-bond acceptors (Lipinski definition) is 2. The van der Waals surface area contributed by atoms with E-state index in [1.807, 2.05) is 35.8 Å². The molecule has 0 aromatic heterocycles. The SMILES string of the molecule is CC(C(=O)NOCc1ccccc1)C(C)(F)F. The fourth-order valence-electron chi connectivity index (χ4n) is 1.08. The largest absolute Gasteiger partial charge is 0.272 e. The van der Waals surface area contributed by atoms with E-state index in [4.69, 9.17) is 4.84 Å². The molecule has 1 N–H and O–H groups in total. The molecule has 1 aromatic carbocycles. The Morgan fingerprint density at radius 3 is 2.53 bits per heavy atom. The summed E-state index contributed by atoms with van der Waals surface area (Å²) in [6.45, 7) is 2.00. The monoisotopic (exact) mass is 243 g/mol. The minimum Gasteiger partial charge on any atom is -0.272 e. The lowest BCUT2D eigenvalue weighted by molar-refractivity contribution is -0.149. The van der Waals surface area contributed by atoms with Crippen molar-refractivity contribution in [2.75, 3.05) is 0 Å². The second-order valence-electron chi connectivity index (χ2n) is 3.92. The Balaban J connectivity index is 2.35. The maximum absolute atomic E-state index is 12.8. The molecule has 0 heterocycles. The maximum Gasteiger partial charge on any atom is 0.256 e. The highest BCUT2D eigenvalue weighted by molar-refractivity contribution is 5.78. The molecule has 17 heavy (non-hydrogen) atoms. The summed E-state index contributed by atoms with van der Waals surface area (Å²) in [4.78, 5) is 16.1. The van der Waals surface area contributed by atoms with Crippen LogP contribution in [0.3, 0.4) is 0 Å². The Morgan fingerprint density at radius 2 is 2.00 bits per heavy atom. The fraction of sp³-hybridized carbons (Fsp3) is 0.417. The van der Waals surface area contributed by atoms with Gasteiger partial charge in [-0.05, 0) is 12.5 Å². The van der Waals surface area contributed by atoms with Crippen LogP contribution in [0.25, 0.3) is 0 Å². The fourth-order valence-corrected chi connectivity index (χ4v) is 1.08. The normalized spacial score (nSPS) is 13.2. The number of hydrogen-bond donors (Lipinski definition) is 1. The molecule has 0 bridgehead atoms. The number of halogens is 2. The molecule has 1 amide bonds. The van der Waals surface area contributed by atoms with E-state index in [0.717, 1.165) is 12.5 Å². The Hall–Kier alpha value is -1.49. The van der Waals surface area contributed by atoms with Crippen LogP contribution in [-0.2, 0) is 16.2 Å². The average Bonchev–Trinajstić information content (AvgIpc) is 2.28. The van der Waals surface area contributed by atoms with Gasteiger partial charge in [-0.2, -0.15) is 0 Å². The van der Waals surface area contributed by atoms with Crippen LogP contribution >= 0.6 is 0 Å². The van der Waals surface area contributed by atoms with E-state index < -0.39 is 17.7 Å². The first-order valence-corrected chi connectivity index (χ1v) is 5.24. The van der Waals surface area contributed by atoms with Gasteiger partial charge in [0.25, 0.3) is 11.8 Å². The van der Waals surface area contributed by atoms with Gasteiger partial charge in [0, 0.05) is 6.92 Å². The van der Waals surface area contributed by atoms with Crippen molar-refractivity contribution in [3.63, 3.8) is 0 Å². The van der Waals surface area contributed by atoms with Crippen LogP contribution in [0.2, 0.25) is 0 Å². The highest BCUT2D eigenvalue weighted by atomic mass is 19.3. The van der Waals surface area contributed by atoms with Crippen molar-refractivity contribution in [2.24, 2.45) is 5.92 Å². The van der Waals surface area contributed by atoms with Gasteiger partial charge in [-0.15, -0.1) is 0 Å². The smallest absolute Gasteiger partial charge is 0.256 e. The molecule has 1 unspecified atom stereocenters. The Morgan fingerprint density at radius 1 is 1.41 bits per heavy atom. The molecule has 0 fully saturated rings. The molecule has 0 radical (unpaired) electrons. The van der Waals surface area contributed by atoms with Crippen LogP contribution in [0.4, 0.5) is 8.78 Å². The van der Waals surface area contributed by atoms with E-state index in [0.29, 0.717) is 6.92 Å². The summed E-state index contributed by atoms with van der Waals surface area (Å²) < 4.78 is 25.6. The summed E-state index contributed by atoms with van der Waals surface area (Å²) in [5.74, 6) is -5.30. The summed E-state index contributed by atoms with van der Waals surface area (Å²) in [5, 5.41) is 0. The molecular weight excluding hydrogens is 228 g/mol. The third kappa shape index (κ3) is 4.48. The van der Waals surface area contributed by atoms with E-state index in [9.17, 15) is 13.6 Å². The highest BCUT2D eigenvalue weighted by Crippen LogP contribution is 2.23. The van der Waals surface area contributed by atoms with Crippen LogP contribution < -0.4 is 5.48 Å². The second-order valence-corrected chi connectivity index (χ2v) is 3.92. The topological polar surface area (TPSA) is 38.3 Å². The van der Waals surface area contributed by atoms with Gasteiger partial charge >= 0.3 is 0 Å². The summed E-state index contributed by atoms with van der Waals surface area (Å²) in [6, 6.07) is 9.11. The summed E-state index contributed by atoms with van der Waals surface area (Å²) in [5.41, 5.74) is 2.87. The van der Waals surface area contributed by atoms with Gasteiger partial charge in [-0.25, -0.2) is 14.3 Å². The lowest BCUT2D eigenvalue weighted by Gasteiger charge is -2.18. The van der Waals surface area contributed by atoms with Crippen molar-refractivity contribution in [1.29, 1.82) is 0 Å². The molecule has 0 aliphatic carbocycles. The summed E-state index contributed by atoms with van der Waals surface area (Å²) in [6.07, 6.45) is 0. The molecule has 0 saturated carbocycles. The predicted octanol–water partition coefficient (Wildman–Crippen LogP) is 2.53. The van der Waals surface area contributed by atoms with Crippen molar-refractivity contribution in [3.05, 3.63) is 35.9 Å². The van der Waals surface area contributed by atoms with Crippen LogP contribution in [0.1, 0.15) is 19.4 Å². The number of hydroxylamine groups is 1. The van der Waals surface area contributed by atoms with E-state index in [-0.39, 0.29) is 6.61 Å². The van der Waals surface area contributed by atoms with Crippen LogP contribution in [0, 0.1) is 5.92 Å². The van der Waals surface area contributed by atoms with Gasteiger partial charge in [-0.1, -0.05) is 30.3 Å². The molecule has 3 nitrogen and oxygen atoms in total. The lowest BCUT2D eigenvalue weighted by Crippen LogP contribution is -2.38. The molecule has 0 aliphatic heterocycles. The van der Waals surface area contributed by atoms with Gasteiger partial charge < -0.3 is 0 Å². The zero-order chi connectivity index (χ0) is 12.9. The van der Waals surface area contributed by atoms with Crippen LogP contribution in [0.15, 0.2) is 30.3 Å². The van der Waals surface area contributed by atoms with Gasteiger partial charge in [0.2, 0.25) is 0 Å². The molecular formula is C12H15F2NO2. The Labute approximate surface area is 98.7 Å². The van der Waals surface area contributed by atoms with Crippen molar-refractivity contribution in [3.8, 4) is 0 Å². The zero-order valence-corrected chi connectivity index (χ0v) is 9.74. The molecule has 94 valence electrons. The number of nitrogens with one attached hydrogen (secondary N) is 1. The number of carbonyl (C=O) groups excluding carboxylic acids is 1. The summed E-state index contributed by atoms with van der Waals surface area (Å²) >= 11 is 0. The molecule has 1 rings (SSSR count). The molecule has 0 aliphatic rings. The number of carbonyl (C=O) groups is 1. The molecule has 1 aromatic rings. The number of benzene rings is 1. The van der Waals surface area contributed by atoms with Crippen LogP contribution in [-0.4, -0.2) is 11.8 Å². The van der Waals surface area contributed by atoms with Gasteiger partial charge in [0.1, 0.15) is 5.92 Å². The van der Waals surface area contributed by atoms with Gasteiger partial charge in [0.15, 0.2) is 0 Å². The third-order valence-electron chi connectivity index (χ3n) is 2.41. The molecule has 0 spiro atoms. The lowest BCUT2D eigenvalue weighted by atomic mass is 10.1. The zero-order valence-electron chi connectivity index (χ0n) is 9.74. The maximum atomic E-state index is 12.8.